The number of ether oxygens (including phenoxy) is 1. The molecule has 1 atom stereocenters. The third kappa shape index (κ3) is 4.72. The minimum Gasteiger partial charge on any atom is -0.497 e. The molecule has 1 aromatic carbocycles. The molecule has 0 radical (unpaired) electrons. The molecule has 5 nitrogen and oxygen atoms in total. The zero-order chi connectivity index (χ0) is 19.4. The average Bonchev–Trinajstić information content (AvgIpc) is 3.16. The average molecular weight is 370 g/mol. The number of carbonyl (C=O) groups is 1. The van der Waals surface area contributed by atoms with Crippen molar-refractivity contribution in [1.29, 1.82) is 0 Å². The van der Waals surface area contributed by atoms with E-state index >= 15 is 0 Å². The van der Waals surface area contributed by atoms with E-state index in [9.17, 15) is 4.79 Å². The Hall–Kier alpha value is -2.27. The number of benzene rings is 1. The molecule has 1 saturated heterocycles. The highest BCUT2D eigenvalue weighted by Gasteiger charge is 2.23. The molecule has 1 aliphatic heterocycles. The zero-order valence-corrected chi connectivity index (χ0v) is 16.8. The summed E-state index contributed by atoms with van der Waals surface area (Å²) in [7, 11) is 3.46. The Kier molecular flexibility index (Phi) is 6.22. The first kappa shape index (κ1) is 19.5. The molecule has 1 aliphatic rings. The number of methoxy groups -OCH3 is 1. The monoisotopic (exact) mass is 370 g/mol. The Morgan fingerprint density at radius 1 is 1.22 bits per heavy atom. The number of hydrogen-bond donors (Lipinski definition) is 0. The number of nitrogens with zero attached hydrogens (tertiary/aromatic N) is 2. The maximum absolute atomic E-state index is 12.8. The highest BCUT2D eigenvalue weighted by Crippen LogP contribution is 2.24. The third-order valence-corrected chi connectivity index (χ3v) is 5.63. The van der Waals surface area contributed by atoms with Gasteiger partial charge in [0.15, 0.2) is 5.76 Å². The number of piperidine rings is 1. The van der Waals surface area contributed by atoms with Crippen LogP contribution in [0, 0.1) is 5.92 Å². The van der Waals surface area contributed by atoms with Gasteiger partial charge in [0.2, 0.25) is 0 Å². The summed E-state index contributed by atoms with van der Waals surface area (Å²) in [5.41, 5.74) is 1.06. The van der Waals surface area contributed by atoms with E-state index in [4.69, 9.17) is 9.15 Å². The van der Waals surface area contributed by atoms with Gasteiger partial charge in [-0.15, -0.1) is 0 Å². The van der Waals surface area contributed by atoms with E-state index in [1.54, 1.807) is 18.1 Å². The number of furan rings is 1. The van der Waals surface area contributed by atoms with Crippen molar-refractivity contribution in [2.45, 2.75) is 39.3 Å². The molecule has 1 unspecified atom stereocenters. The fourth-order valence-electron chi connectivity index (χ4n) is 3.47. The van der Waals surface area contributed by atoms with Crippen molar-refractivity contribution in [2.75, 3.05) is 27.2 Å². The van der Waals surface area contributed by atoms with Crippen molar-refractivity contribution >= 4 is 5.91 Å². The second kappa shape index (κ2) is 8.61. The van der Waals surface area contributed by atoms with Crippen LogP contribution in [0.2, 0.25) is 0 Å². The quantitative estimate of drug-likeness (QED) is 0.758. The predicted molar refractivity (Wildman–Crippen MR) is 106 cm³/mol. The van der Waals surface area contributed by atoms with E-state index in [1.165, 1.54) is 12.8 Å². The molecular weight excluding hydrogens is 340 g/mol. The minimum absolute atomic E-state index is 0.0551. The Labute approximate surface area is 161 Å². The molecule has 3 rings (SSSR count). The molecule has 0 bridgehead atoms. The molecule has 1 amide bonds. The lowest BCUT2D eigenvalue weighted by Crippen LogP contribution is -2.32. The van der Waals surface area contributed by atoms with Gasteiger partial charge in [0.05, 0.1) is 19.7 Å². The van der Waals surface area contributed by atoms with Crippen molar-refractivity contribution in [2.24, 2.45) is 5.92 Å². The van der Waals surface area contributed by atoms with Crippen LogP contribution in [-0.2, 0) is 6.54 Å². The maximum atomic E-state index is 12.8. The van der Waals surface area contributed by atoms with Crippen molar-refractivity contribution in [3.8, 4) is 5.75 Å². The van der Waals surface area contributed by atoms with Crippen molar-refractivity contribution in [3.63, 3.8) is 0 Å². The molecule has 1 fully saturated rings. The van der Waals surface area contributed by atoms with E-state index < -0.39 is 0 Å². The van der Waals surface area contributed by atoms with Gasteiger partial charge in [-0.3, -0.25) is 9.69 Å². The summed E-state index contributed by atoms with van der Waals surface area (Å²) in [6, 6.07) is 11.5. The lowest BCUT2D eigenvalue weighted by Gasteiger charge is -2.29. The van der Waals surface area contributed by atoms with Gasteiger partial charge in [0.1, 0.15) is 11.5 Å². The lowest BCUT2D eigenvalue weighted by atomic mass is 9.99. The molecule has 146 valence electrons. The lowest BCUT2D eigenvalue weighted by molar-refractivity contribution is 0.0705. The summed E-state index contributed by atoms with van der Waals surface area (Å²) >= 11 is 0. The number of likely N-dealkylation sites (tertiary alicyclic amines) is 1. The number of carbonyl (C=O) groups excluding carboxylic acids is 1. The van der Waals surface area contributed by atoms with Gasteiger partial charge >= 0.3 is 0 Å². The Morgan fingerprint density at radius 2 is 1.89 bits per heavy atom. The smallest absolute Gasteiger partial charge is 0.289 e. The van der Waals surface area contributed by atoms with Gasteiger partial charge in [0.25, 0.3) is 5.91 Å². The Morgan fingerprint density at radius 3 is 2.52 bits per heavy atom. The molecule has 2 aromatic rings. The van der Waals surface area contributed by atoms with Gasteiger partial charge in [-0.1, -0.05) is 19.1 Å². The van der Waals surface area contributed by atoms with Crippen LogP contribution in [0.1, 0.15) is 54.6 Å². The fourth-order valence-corrected chi connectivity index (χ4v) is 3.47. The molecule has 0 spiro atoms. The van der Waals surface area contributed by atoms with Gasteiger partial charge in [-0.05, 0) is 68.6 Å². The SMILES string of the molecule is COc1ccc(C(C)N(C)C(=O)c2ccc(CN3CCC(C)CC3)o2)cc1. The summed E-state index contributed by atoms with van der Waals surface area (Å²) in [5.74, 6) is 2.78. The molecule has 0 N–H and O–H groups in total. The van der Waals surface area contributed by atoms with E-state index in [0.29, 0.717) is 5.76 Å². The van der Waals surface area contributed by atoms with Crippen LogP contribution in [0.3, 0.4) is 0 Å². The molecule has 2 heterocycles. The first-order valence-corrected chi connectivity index (χ1v) is 9.70. The molecule has 27 heavy (non-hydrogen) atoms. The van der Waals surface area contributed by atoms with Crippen molar-refractivity contribution in [3.05, 3.63) is 53.5 Å². The van der Waals surface area contributed by atoms with Gasteiger partial charge in [-0.25, -0.2) is 0 Å². The largest absolute Gasteiger partial charge is 0.497 e. The Balaban J connectivity index is 1.61. The fraction of sp³-hybridized carbons (Fsp3) is 0.500. The standard InChI is InChI=1S/C22H30N2O3/c1-16-11-13-24(14-12-16)15-20-9-10-21(27-20)22(25)23(3)17(2)18-5-7-19(26-4)8-6-18/h5-10,16-17H,11-15H2,1-4H3. The number of amides is 1. The number of rotatable bonds is 6. The number of hydrogen-bond acceptors (Lipinski definition) is 4. The molecule has 1 aromatic heterocycles. The molecule has 0 aliphatic carbocycles. The predicted octanol–water partition coefficient (Wildman–Crippen LogP) is 4.35. The van der Waals surface area contributed by atoms with E-state index in [0.717, 1.165) is 42.6 Å². The first-order chi connectivity index (χ1) is 13.0. The van der Waals surface area contributed by atoms with Crippen LogP contribution in [0.25, 0.3) is 0 Å². The zero-order valence-electron chi connectivity index (χ0n) is 16.8. The summed E-state index contributed by atoms with van der Waals surface area (Å²) in [6.45, 7) is 7.29. The van der Waals surface area contributed by atoms with Crippen molar-refractivity contribution in [1.82, 2.24) is 9.80 Å². The molecular formula is C22H30N2O3. The summed E-state index contributed by atoms with van der Waals surface area (Å²) in [4.78, 5) is 16.9. The van der Waals surface area contributed by atoms with E-state index in [2.05, 4.69) is 11.8 Å². The first-order valence-electron chi connectivity index (χ1n) is 9.70. The van der Waals surface area contributed by atoms with Gasteiger partial charge in [0, 0.05) is 7.05 Å². The van der Waals surface area contributed by atoms with Gasteiger partial charge in [-0.2, -0.15) is 0 Å². The maximum Gasteiger partial charge on any atom is 0.289 e. The van der Waals surface area contributed by atoms with Crippen LogP contribution in [0.4, 0.5) is 0 Å². The van der Waals surface area contributed by atoms with Crippen molar-refractivity contribution < 1.29 is 13.9 Å². The summed E-state index contributed by atoms with van der Waals surface area (Å²) in [6.07, 6.45) is 2.46. The van der Waals surface area contributed by atoms with E-state index in [1.807, 2.05) is 44.3 Å². The highest BCUT2D eigenvalue weighted by molar-refractivity contribution is 5.91. The topological polar surface area (TPSA) is 45.9 Å². The van der Waals surface area contributed by atoms with Crippen LogP contribution in [0.15, 0.2) is 40.8 Å². The van der Waals surface area contributed by atoms with E-state index in [-0.39, 0.29) is 11.9 Å². The highest BCUT2D eigenvalue weighted by atomic mass is 16.5. The normalized spacial score (nSPS) is 16.9. The molecule has 0 saturated carbocycles. The summed E-state index contributed by atoms with van der Waals surface area (Å²) in [5, 5.41) is 0. The van der Waals surface area contributed by atoms with Crippen LogP contribution in [-0.4, -0.2) is 43.0 Å². The second-order valence-corrected chi connectivity index (χ2v) is 7.59. The molecule has 5 heteroatoms. The Bertz CT molecular complexity index is 745. The van der Waals surface area contributed by atoms with Crippen LogP contribution >= 0.6 is 0 Å². The minimum atomic E-state index is -0.100. The van der Waals surface area contributed by atoms with Crippen LogP contribution in [0.5, 0.6) is 5.75 Å². The second-order valence-electron chi connectivity index (χ2n) is 7.59. The summed E-state index contributed by atoms with van der Waals surface area (Å²) < 4.78 is 11.1. The third-order valence-electron chi connectivity index (χ3n) is 5.63. The van der Waals surface area contributed by atoms with Gasteiger partial charge < -0.3 is 14.1 Å². The van der Waals surface area contributed by atoms with Crippen LogP contribution < -0.4 is 4.74 Å².